The Labute approximate surface area is 70.5 Å². The Kier molecular flexibility index (Phi) is 7.96. The van der Waals surface area contributed by atoms with Crippen LogP contribution in [0, 0.1) is 0 Å². The van der Waals surface area contributed by atoms with Crippen LogP contribution in [0.3, 0.4) is 0 Å². The monoisotopic (exact) mass is 158 g/mol. The van der Waals surface area contributed by atoms with Gasteiger partial charge < -0.3 is 0 Å². The van der Waals surface area contributed by atoms with E-state index >= 15 is 0 Å². The number of nitrogens with one attached hydrogen (secondary N) is 1. The summed E-state index contributed by atoms with van der Waals surface area (Å²) in [6.45, 7) is 4.43. The maximum absolute atomic E-state index is 5.39. The largest absolute Gasteiger partial charge is 0.271 e. The van der Waals surface area contributed by atoms with Crippen molar-refractivity contribution >= 4 is 0 Å². The zero-order valence-corrected chi connectivity index (χ0v) is 7.90. The number of unbranched alkanes of at least 4 members (excludes halogenated alkanes) is 2. The van der Waals surface area contributed by atoms with Crippen LogP contribution in [-0.2, 0) is 0 Å². The molecule has 2 heteroatoms. The lowest BCUT2D eigenvalue weighted by Crippen LogP contribution is -2.34. The lowest BCUT2D eigenvalue weighted by atomic mass is 10.1. The van der Waals surface area contributed by atoms with Crippen LogP contribution in [0.25, 0.3) is 0 Å². The van der Waals surface area contributed by atoms with Crippen molar-refractivity contribution in [1.82, 2.24) is 5.43 Å². The maximum Gasteiger partial charge on any atom is 0.0210 e. The van der Waals surface area contributed by atoms with Crippen molar-refractivity contribution in [2.45, 2.75) is 58.4 Å². The Morgan fingerprint density at radius 3 is 2.27 bits per heavy atom. The van der Waals surface area contributed by atoms with Crippen LogP contribution in [0.15, 0.2) is 0 Å². The third-order valence-electron chi connectivity index (χ3n) is 2.03. The van der Waals surface area contributed by atoms with Gasteiger partial charge in [0.2, 0.25) is 0 Å². The minimum Gasteiger partial charge on any atom is -0.271 e. The molecule has 0 saturated heterocycles. The summed E-state index contributed by atoms with van der Waals surface area (Å²) >= 11 is 0. The molecule has 2 nitrogen and oxygen atoms in total. The van der Waals surface area contributed by atoms with Gasteiger partial charge in [-0.25, -0.2) is 0 Å². The number of hydrogen-bond acceptors (Lipinski definition) is 2. The first-order valence-electron chi connectivity index (χ1n) is 4.81. The van der Waals surface area contributed by atoms with Gasteiger partial charge in [0.05, 0.1) is 0 Å². The molecule has 0 spiro atoms. The van der Waals surface area contributed by atoms with Crippen LogP contribution in [0.4, 0.5) is 0 Å². The normalized spacial score (nSPS) is 13.4. The van der Waals surface area contributed by atoms with Crippen molar-refractivity contribution < 1.29 is 0 Å². The van der Waals surface area contributed by atoms with E-state index in [2.05, 4.69) is 19.3 Å². The molecule has 0 aliphatic carbocycles. The molecule has 0 aliphatic rings. The maximum atomic E-state index is 5.39. The molecule has 0 radical (unpaired) electrons. The van der Waals surface area contributed by atoms with Crippen molar-refractivity contribution in [3.8, 4) is 0 Å². The molecule has 0 aromatic rings. The molecule has 11 heavy (non-hydrogen) atoms. The summed E-state index contributed by atoms with van der Waals surface area (Å²) < 4.78 is 0. The standard InChI is InChI=1S/C9H22N2/c1-3-5-6-8-9(11-10)7-4-2/h9,11H,3-8,10H2,1-2H3. The molecule has 0 heterocycles. The average Bonchev–Trinajstić information content (AvgIpc) is 2.03. The van der Waals surface area contributed by atoms with Gasteiger partial charge in [0.15, 0.2) is 0 Å². The number of rotatable bonds is 7. The molecule has 3 N–H and O–H groups in total. The topological polar surface area (TPSA) is 38.0 Å². The predicted molar refractivity (Wildman–Crippen MR) is 50.2 cm³/mol. The van der Waals surface area contributed by atoms with Crippen LogP contribution in [0.2, 0.25) is 0 Å². The second-order valence-corrected chi connectivity index (χ2v) is 3.15. The fraction of sp³-hybridized carbons (Fsp3) is 1.00. The molecule has 68 valence electrons. The molecule has 0 aliphatic heterocycles. The van der Waals surface area contributed by atoms with E-state index in [1.54, 1.807) is 0 Å². The van der Waals surface area contributed by atoms with E-state index in [4.69, 9.17) is 5.84 Å². The van der Waals surface area contributed by atoms with E-state index in [1.807, 2.05) is 0 Å². The highest BCUT2D eigenvalue weighted by atomic mass is 15.2. The molecule has 1 atom stereocenters. The zero-order chi connectivity index (χ0) is 8.53. The lowest BCUT2D eigenvalue weighted by molar-refractivity contribution is 0.440. The Morgan fingerprint density at radius 1 is 1.09 bits per heavy atom. The van der Waals surface area contributed by atoms with Gasteiger partial charge in [-0.15, -0.1) is 0 Å². The van der Waals surface area contributed by atoms with Crippen molar-refractivity contribution in [1.29, 1.82) is 0 Å². The summed E-state index contributed by atoms with van der Waals surface area (Å²) in [6, 6.07) is 0.548. The fourth-order valence-corrected chi connectivity index (χ4v) is 1.30. The molecule has 0 saturated carbocycles. The minimum atomic E-state index is 0.548. The van der Waals surface area contributed by atoms with E-state index in [-0.39, 0.29) is 0 Å². The summed E-state index contributed by atoms with van der Waals surface area (Å²) in [6.07, 6.45) is 7.61. The smallest absolute Gasteiger partial charge is 0.0210 e. The lowest BCUT2D eigenvalue weighted by Gasteiger charge is -2.13. The zero-order valence-electron chi connectivity index (χ0n) is 7.90. The van der Waals surface area contributed by atoms with E-state index in [0.717, 1.165) is 0 Å². The molecular weight excluding hydrogens is 136 g/mol. The molecule has 0 amide bonds. The van der Waals surface area contributed by atoms with Gasteiger partial charge in [-0.3, -0.25) is 11.3 Å². The second kappa shape index (κ2) is 8.02. The summed E-state index contributed by atoms with van der Waals surface area (Å²) in [5, 5.41) is 0. The number of hydrogen-bond donors (Lipinski definition) is 2. The second-order valence-electron chi connectivity index (χ2n) is 3.15. The van der Waals surface area contributed by atoms with Crippen molar-refractivity contribution in [2.75, 3.05) is 0 Å². The van der Waals surface area contributed by atoms with Crippen LogP contribution in [0.1, 0.15) is 52.4 Å². The highest BCUT2D eigenvalue weighted by Crippen LogP contribution is 2.06. The van der Waals surface area contributed by atoms with Crippen LogP contribution in [-0.4, -0.2) is 6.04 Å². The Balaban J connectivity index is 3.20. The first-order chi connectivity index (χ1) is 5.35. The van der Waals surface area contributed by atoms with Crippen LogP contribution < -0.4 is 11.3 Å². The highest BCUT2D eigenvalue weighted by Gasteiger charge is 2.02. The minimum absolute atomic E-state index is 0.548. The molecule has 1 unspecified atom stereocenters. The third-order valence-corrected chi connectivity index (χ3v) is 2.03. The van der Waals surface area contributed by atoms with Gasteiger partial charge in [-0.05, 0) is 12.8 Å². The number of nitrogens with two attached hydrogens (primary N) is 1. The molecular formula is C9H22N2. The molecule has 0 rings (SSSR count). The van der Waals surface area contributed by atoms with E-state index in [1.165, 1.54) is 38.5 Å². The molecule has 0 fully saturated rings. The van der Waals surface area contributed by atoms with Gasteiger partial charge in [-0.2, -0.15) is 0 Å². The van der Waals surface area contributed by atoms with Gasteiger partial charge in [0.25, 0.3) is 0 Å². The van der Waals surface area contributed by atoms with E-state index < -0.39 is 0 Å². The predicted octanol–water partition coefficient (Wildman–Crippen LogP) is 2.20. The van der Waals surface area contributed by atoms with Gasteiger partial charge in [-0.1, -0.05) is 39.5 Å². The summed E-state index contributed by atoms with van der Waals surface area (Å²) in [5.74, 6) is 5.39. The van der Waals surface area contributed by atoms with Gasteiger partial charge in [0.1, 0.15) is 0 Å². The van der Waals surface area contributed by atoms with Crippen LogP contribution in [0.5, 0.6) is 0 Å². The van der Waals surface area contributed by atoms with Gasteiger partial charge in [0, 0.05) is 6.04 Å². The Bertz CT molecular complexity index is 74.0. The van der Waals surface area contributed by atoms with E-state index in [0.29, 0.717) is 6.04 Å². The Hall–Kier alpha value is -0.0800. The summed E-state index contributed by atoms with van der Waals surface area (Å²) in [4.78, 5) is 0. The van der Waals surface area contributed by atoms with Crippen molar-refractivity contribution in [3.63, 3.8) is 0 Å². The quantitative estimate of drug-likeness (QED) is 0.338. The summed E-state index contributed by atoms with van der Waals surface area (Å²) in [7, 11) is 0. The van der Waals surface area contributed by atoms with Crippen LogP contribution >= 0.6 is 0 Å². The Morgan fingerprint density at radius 2 is 1.82 bits per heavy atom. The highest BCUT2D eigenvalue weighted by molar-refractivity contribution is 4.61. The number of hydrazine groups is 1. The summed E-state index contributed by atoms with van der Waals surface area (Å²) in [5.41, 5.74) is 2.86. The van der Waals surface area contributed by atoms with Crippen molar-refractivity contribution in [2.24, 2.45) is 5.84 Å². The molecule has 0 aromatic carbocycles. The molecule has 0 aromatic heterocycles. The first-order valence-corrected chi connectivity index (χ1v) is 4.81. The van der Waals surface area contributed by atoms with Gasteiger partial charge >= 0.3 is 0 Å². The fourth-order valence-electron chi connectivity index (χ4n) is 1.30. The molecule has 0 bridgehead atoms. The average molecular weight is 158 g/mol. The SMILES string of the molecule is CCCCCC(CCC)NN. The third kappa shape index (κ3) is 6.32. The van der Waals surface area contributed by atoms with E-state index in [9.17, 15) is 0 Å². The first kappa shape index (κ1) is 10.9. The van der Waals surface area contributed by atoms with Crippen molar-refractivity contribution in [3.05, 3.63) is 0 Å².